The van der Waals surface area contributed by atoms with Gasteiger partial charge in [0.15, 0.2) is 0 Å². The minimum Gasteiger partial charge on any atom is -0.339 e. The molecule has 1 aliphatic heterocycles. The molecule has 2 rings (SSSR count). The second-order valence-corrected chi connectivity index (χ2v) is 5.45. The number of carbonyl (C=O) groups is 2. The van der Waals surface area contributed by atoms with Gasteiger partial charge in [0.2, 0.25) is 5.91 Å². The van der Waals surface area contributed by atoms with Gasteiger partial charge in [-0.15, -0.1) is 11.6 Å². The molecule has 0 aromatic heterocycles. The quantitative estimate of drug-likeness (QED) is 0.801. The molecule has 4 nitrogen and oxygen atoms in total. The Morgan fingerprint density at radius 3 is 2.35 bits per heavy atom. The third kappa shape index (κ3) is 2.96. The van der Waals surface area contributed by atoms with Gasteiger partial charge in [0.25, 0.3) is 5.91 Å². The van der Waals surface area contributed by atoms with Crippen molar-refractivity contribution in [3.63, 3.8) is 0 Å². The molecule has 1 aliphatic rings. The van der Waals surface area contributed by atoms with Crippen LogP contribution in [0.3, 0.4) is 0 Å². The zero-order valence-electron chi connectivity index (χ0n) is 11.8. The molecular weight excluding hydrogens is 276 g/mol. The van der Waals surface area contributed by atoms with Crippen LogP contribution in [-0.4, -0.2) is 41.7 Å². The van der Waals surface area contributed by atoms with E-state index in [2.05, 4.69) is 0 Å². The largest absolute Gasteiger partial charge is 0.339 e. The molecule has 0 saturated carbocycles. The molecule has 0 bridgehead atoms. The summed E-state index contributed by atoms with van der Waals surface area (Å²) in [5.74, 6) is 0.0531. The lowest BCUT2D eigenvalue weighted by atomic mass is 10.1. The minimum absolute atomic E-state index is 0.0181. The van der Waals surface area contributed by atoms with Gasteiger partial charge in [0.1, 0.15) is 0 Å². The summed E-state index contributed by atoms with van der Waals surface area (Å²) in [6.45, 7) is 5.83. The van der Waals surface area contributed by atoms with Gasteiger partial charge < -0.3 is 9.80 Å². The van der Waals surface area contributed by atoms with E-state index in [1.807, 2.05) is 26.0 Å². The van der Waals surface area contributed by atoms with Crippen molar-refractivity contribution in [2.45, 2.75) is 25.6 Å². The van der Waals surface area contributed by atoms with Gasteiger partial charge in [-0.3, -0.25) is 9.59 Å². The minimum atomic E-state index is -0.125. The fourth-order valence-electron chi connectivity index (χ4n) is 2.39. The smallest absolute Gasteiger partial charge is 0.253 e. The topological polar surface area (TPSA) is 40.6 Å². The number of nitrogens with zero attached hydrogens (tertiary/aromatic N) is 2. The number of benzene rings is 1. The van der Waals surface area contributed by atoms with E-state index in [0.717, 1.165) is 5.69 Å². The number of carbonyl (C=O) groups excluding carboxylic acids is 2. The second kappa shape index (κ2) is 6.27. The molecule has 0 radical (unpaired) electrons. The van der Waals surface area contributed by atoms with Crippen molar-refractivity contribution in [2.75, 3.05) is 24.5 Å². The van der Waals surface area contributed by atoms with Gasteiger partial charge in [-0.2, -0.15) is 0 Å². The van der Waals surface area contributed by atoms with Gasteiger partial charge in [-0.05, 0) is 38.1 Å². The SMILES string of the molecule is CCN(CC)C(=O)c1ccc(N2CC(Cl)CC2=O)cc1. The first-order chi connectivity index (χ1) is 9.56. The molecule has 0 N–H and O–H groups in total. The highest BCUT2D eigenvalue weighted by molar-refractivity contribution is 6.24. The summed E-state index contributed by atoms with van der Waals surface area (Å²) < 4.78 is 0. The van der Waals surface area contributed by atoms with Crippen molar-refractivity contribution in [1.29, 1.82) is 0 Å². The third-order valence-corrected chi connectivity index (χ3v) is 3.85. The van der Waals surface area contributed by atoms with E-state index in [-0.39, 0.29) is 17.2 Å². The molecule has 1 aromatic carbocycles. The highest BCUT2D eigenvalue weighted by Gasteiger charge is 2.29. The first kappa shape index (κ1) is 14.9. The van der Waals surface area contributed by atoms with E-state index >= 15 is 0 Å². The lowest BCUT2D eigenvalue weighted by Gasteiger charge is -2.20. The zero-order chi connectivity index (χ0) is 14.7. The van der Waals surface area contributed by atoms with Crippen molar-refractivity contribution in [3.05, 3.63) is 29.8 Å². The standard InChI is InChI=1S/C15H19ClN2O2/c1-3-17(4-2)15(20)11-5-7-13(8-6-11)18-10-12(16)9-14(18)19/h5-8,12H,3-4,9-10H2,1-2H3. The molecule has 0 aliphatic carbocycles. The zero-order valence-corrected chi connectivity index (χ0v) is 12.6. The summed E-state index contributed by atoms with van der Waals surface area (Å²) in [4.78, 5) is 27.4. The van der Waals surface area contributed by atoms with Crippen LogP contribution in [0.2, 0.25) is 0 Å². The molecule has 1 fully saturated rings. The fourth-order valence-corrected chi connectivity index (χ4v) is 2.66. The van der Waals surface area contributed by atoms with Gasteiger partial charge in [0.05, 0.1) is 5.38 Å². The lowest BCUT2D eigenvalue weighted by Crippen LogP contribution is -2.30. The maximum atomic E-state index is 12.2. The molecule has 1 aromatic rings. The van der Waals surface area contributed by atoms with E-state index in [1.54, 1.807) is 21.9 Å². The molecule has 1 saturated heterocycles. The van der Waals surface area contributed by atoms with E-state index in [0.29, 0.717) is 31.6 Å². The van der Waals surface area contributed by atoms with Crippen molar-refractivity contribution < 1.29 is 9.59 Å². The molecule has 1 heterocycles. The van der Waals surface area contributed by atoms with Crippen LogP contribution in [0.25, 0.3) is 0 Å². The first-order valence-corrected chi connectivity index (χ1v) is 7.34. The van der Waals surface area contributed by atoms with Crippen molar-refractivity contribution in [2.24, 2.45) is 0 Å². The van der Waals surface area contributed by atoms with Gasteiger partial charge in [-0.1, -0.05) is 0 Å². The van der Waals surface area contributed by atoms with Crippen LogP contribution in [0.4, 0.5) is 5.69 Å². The van der Waals surface area contributed by atoms with Crippen LogP contribution < -0.4 is 4.90 Å². The second-order valence-electron chi connectivity index (χ2n) is 4.83. The Morgan fingerprint density at radius 1 is 1.30 bits per heavy atom. The van der Waals surface area contributed by atoms with E-state index < -0.39 is 0 Å². The highest BCUT2D eigenvalue weighted by atomic mass is 35.5. The number of anilines is 1. The lowest BCUT2D eigenvalue weighted by molar-refractivity contribution is -0.117. The van der Waals surface area contributed by atoms with Crippen LogP contribution in [-0.2, 0) is 4.79 Å². The highest BCUT2D eigenvalue weighted by Crippen LogP contribution is 2.24. The third-order valence-electron chi connectivity index (χ3n) is 3.55. The van der Waals surface area contributed by atoms with Crippen LogP contribution in [0.15, 0.2) is 24.3 Å². The molecule has 20 heavy (non-hydrogen) atoms. The first-order valence-electron chi connectivity index (χ1n) is 6.90. The van der Waals surface area contributed by atoms with Crippen molar-refractivity contribution >= 4 is 29.1 Å². The van der Waals surface area contributed by atoms with E-state index in [9.17, 15) is 9.59 Å². The fraction of sp³-hybridized carbons (Fsp3) is 0.467. The number of amides is 2. The Hall–Kier alpha value is -1.55. The molecule has 2 amide bonds. The number of halogens is 1. The molecule has 1 atom stereocenters. The van der Waals surface area contributed by atoms with E-state index in [1.165, 1.54) is 0 Å². The van der Waals surface area contributed by atoms with Crippen LogP contribution in [0.1, 0.15) is 30.6 Å². The maximum absolute atomic E-state index is 12.2. The Kier molecular flexibility index (Phi) is 4.65. The number of hydrogen-bond acceptors (Lipinski definition) is 2. The number of alkyl halides is 1. The van der Waals surface area contributed by atoms with Crippen molar-refractivity contribution in [1.82, 2.24) is 4.90 Å². The molecule has 0 spiro atoms. The van der Waals surface area contributed by atoms with Gasteiger partial charge in [0, 0.05) is 37.3 Å². The Balaban J connectivity index is 2.14. The van der Waals surface area contributed by atoms with Crippen LogP contribution >= 0.6 is 11.6 Å². The monoisotopic (exact) mass is 294 g/mol. The normalized spacial score (nSPS) is 18.4. The Morgan fingerprint density at radius 2 is 1.90 bits per heavy atom. The molecular formula is C15H19ClN2O2. The predicted octanol–water partition coefficient (Wildman–Crippen LogP) is 2.51. The summed E-state index contributed by atoms with van der Waals surface area (Å²) in [7, 11) is 0. The Labute approximate surface area is 124 Å². The summed E-state index contributed by atoms with van der Waals surface area (Å²) >= 11 is 5.99. The molecule has 108 valence electrons. The van der Waals surface area contributed by atoms with Crippen LogP contribution in [0, 0.1) is 0 Å². The summed E-state index contributed by atoms with van der Waals surface area (Å²) in [6.07, 6.45) is 0.377. The predicted molar refractivity (Wildman–Crippen MR) is 80.3 cm³/mol. The summed E-state index contributed by atoms with van der Waals surface area (Å²) in [5, 5.41) is -0.125. The summed E-state index contributed by atoms with van der Waals surface area (Å²) in [5.41, 5.74) is 1.45. The molecule has 1 unspecified atom stereocenters. The number of hydrogen-bond donors (Lipinski definition) is 0. The average Bonchev–Trinajstić information content (AvgIpc) is 2.79. The average molecular weight is 295 g/mol. The van der Waals surface area contributed by atoms with Crippen molar-refractivity contribution in [3.8, 4) is 0 Å². The number of rotatable bonds is 4. The summed E-state index contributed by atoms with van der Waals surface area (Å²) in [6, 6.07) is 7.16. The van der Waals surface area contributed by atoms with E-state index in [4.69, 9.17) is 11.6 Å². The van der Waals surface area contributed by atoms with Gasteiger partial charge >= 0.3 is 0 Å². The van der Waals surface area contributed by atoms with Gasteiger partial charge in [-0.25, -0.2) is 0 Å². The van der Waals surface area contributed by atoms with Crippen LogP contribution in [0.5, 0.6) is 0 Å². The molecule has 5 heteroatoms. The maximum Gasteiger partial charge on any atom is 0.253 e. The Bertz CT molecular complexity index is 497.